The molecule has 4 atom stereocenters. The van der Waals surface area contributed by atoms with Crippen LogP contribution in [0.5, 0.6) is 0 Å². The van der Waals surface area contributed by atoms with Gasteiger partial charge >= 0.3 is 17.8 Å². The minimum atomic E-state index is -0.333. The standard InChI is InChI=1S/C24H32N6O3/c1-24(2,3)22-29-21(33-30-22)20(31)26-17-7-5-4-6-13-12-14(8-9-15(13)17)16-10-11-25-19-18(16)27-23(32)28-19/h8-9,12,16-19,25H,4-7,10-11H2,1-3H3,(H,26,31)(H2,27,28,32). The van der Waals surface area contributed by atoms with Crippen molar-refractivity contribution in [2.45, 2.75) is 82.5 Å². The van der Waals surface area contributed by atoms with Crippen molar-refractivity contribution < 1.29 is 14.1 Å². The van der Waals surface area contributed by atoms with Crippen LogP contribution in [-0.2, 0) is 11.8 Å². The molecule has 2 fully saturated rings. The number of rotatable bonds is 3. The van der Waals surface area contributed by atoms with Gasteiger partial charge in [-0.15, -0.1) is 0 Å². The third-order valence-electron chi connectivity index (χ3n) is 6.95. The highest BCUT2D eigenvalue weighted by Crippen LogP contribution is 2.35. The van der Waals surface area contributed by atoms with E-state index in [1.165, 1.54) is 11.1 Å². The topological polar surface area (TPSA) is 121 Å². The highest BCUT2D eigenvalue weighted by Gasteiger charge is 2.40. The summed E-state index contributed by atoms with van der Waals surface area (Å²) in [7, 11) is 0. The molecule has 0 radical (unpaired) electrons. The van der Waals surface area contributed by atoms with E-state index >= 15 is 0 Å². The molecule has 0 spiro atoms. The van der Waals surface area contributed by atoms with Crippen LogP contribution in [0.3, 0.4) is 0 Å². The quantitative estimate of drug-likeness (QED) is 0.531. The number of hydrogen-bond acceptors (Lipinski definition) is 6. The van der Waals surface area contributed by atoms with E-state index in [0.29, 0.717) is 5.82 Å². The van der Waals surface area contributed by atoms with Crippen LogP contribution in [-0.4, -0.2) is 40.8 Å². The molecule has 2 aromatic rings. The van der Waals surface area contributed by atoms with Crippen molar-refractivity contribution in [2.24, 2.45) is 0 Å². The fraction of sp³-hybridized carbons (Fsp3) is 0.583. The Labute approximate surface area is 193 Å². The van der Waals surface area contributed by atoms with Crippen LogP contribution in [0.25, 0.3) is 0 Å². The Balaban J connectivity index is 1.36. The average Bonchev–Trinajstić information content (AvgIpc) is 3.37. The SMILES string of the molecule is CC(C)(C)c1noc(C(=O)NC2CCCCc3cc(C4CCNC5NC(=O)NC54)ccc32)n1. The van der Waals surface area contributed by atoms with Crippen molar-refractivity contribution >= 4 is 11.9 Å². The van der Waals surface area contributed by atoms with Crippen LogP contribution >= 0.6 is 0 Å². The van der Waals surface area contributed by atoms with Crippen molar-refractivity contribution in [3.8, 4) is 0 Å². The van der Waals surface area contributed by atoms with Crippen molar-refractivity contribution in [3.63, 3.8) is 0 Å². The summed E-state index contributed by atoms with van der Waals surface area (Å²) in [6.45, 7) is 6.81. The van der Waals surface area contributed by atoms with Gasteiger partial charge in [0, 0.05) is 11.3 Å². The first kappa shape index (κ1) is 21.9. The second-order valence-electron chi connectivity index (χ2n) is 10.4. The van der Waals surface area contributed by atoms with Gasteiger partial charge in [0.15, 0.2) is 5.82 Å². The lowest BCUT2D eigenvalue weighted by molar-refractivity contribution is 0.0890. The number of carbonyl (C=O) groups is 2. The molecule has 5 rings (SSSR count). The number of amides is 3. The predicted octanol–water partition coefficient (Wildman–Crippen LogP) is 2.65. The zero-order valence-corrected chi connectivity index (χ0v) is 19.4. The minimum absolute atomic E-state index is 0.00700. The second-order valence-corrected chi connectivity index (χ2v) is 10.4. The first-order valence-corrected chi connectivity index (χ1v) is 11.9. The van der Waals surface area contributed by atoms with E-state index in [2.05, 4.69) is 49.6 Å². The van der Waals surface area contributed by atoms with Crippen LogP contribution in [0.4, 0.5) is 4.79 Å². The summed E-state index contributed by atoms with van der Waals surface area (Å²) < 4.78 is 5.24. The van der Waals surface area contributed by atoms with Gasteiger partial charge in [-0.2, -0.15) is 4.98 Å². The molecule has 3 aliphatic rings. The lowest BCUT2D eigenvalue weighted by Crippen LogP contribution is -2.53. The van der Waals surface area contributed by atoms with Gasteiger partial charge in [-0.25, -0.2) is 4.79 Å². The first-order valence-electron chi connectivity index (χ1n) is 11.9. The molecule has 176 valence electrons. The molecule has 1 aliphatic carbocycles. The van der Waals surface area contributed by atoms with E-state index in [0.717, 1.165) is 44.2 Å². The zero-order valence-electron chi connectivity index (χ0n) is 19.4. The van der Waals surface area contributed by atoms with Gasteiger partial charge < -0.3 is 20.5 Å². The van der Waals surface area contributed by atoms with Gasteiger partial charge in [0.2, 0.25) is 0 Å². The summed E-state index contributed by atoms with van der Waals surface area (Å²) in [6.07, 6.45) is 4.90. The molecule has 4 N–H and O–H groups in total. The Morgan fingerprint density at radius 3 is 2.82 bits per heavy atom. The summed E-state index contributed by atoms with van der Waals surface area (Å²) in [5.41, 5.74) is 3.38. The van der Waals surface area contributed by atoms with E-state index in [9.17, 15) is 9.59 Å². The summed E-state index contributed by atoms with van der Waals surface area (Å²) in [5.74, 6) is 0.451. The number of aromatic nitrogens is 2. The summed E-state index contributed by atoms with van der Waals surface area (Å²) in [5, 5.41) is 16.5. The lowest BCUT2D eigenvalue weighted by atomic mass is 9.83. The van der Waals surface area contributed by atoms with Crippen molar-refractivity contribution in [1.82, 2.24) is 31.4 Å². The molecule has 9 nitrogen and oxygen atoms in total. The number of nitrogens with one attached hydrogen (secondary N) is 4. The molecule has 4 unspecified atom stereocenters. The van der Waals surface area contributed by atoms with Gasteiger partial charge in [-0.3, -0.25) is 10.1 Å². The maximum atomic E-state index is 12.9. The Morgan fingerprint density at radius 2 is 2.03 bits per heavy atom. The summed E-state index contributed by atoms with van der Waals surface area (Å²) in [6, 6.07) is 6.42. The Hall–Kier alpha value is -2.94. The van der Waals surface area contributed by atoms with E-state index in [1.54, 1.807) is 0 Å². The molecule has 3 amide bonds. The normalized spacial score (nSPS) is 27.1. The van der Waals surface area contributed by atoms with Crippen molar-refractivity contribution in [3.05, 3.63) is 46.6 Å². The van der Waals surface area contributed by atoms with Gasteiger partial charge in [0.25, 0.3) is 0 Å². The van der Waals surface area contributed by atoms with Crippen LogP contribution in [0.15, 0.2) is 22.7 Å². The number of benzene rings is 1. The molecule has 2 aliphatic heterocycles. The molecule has 1 aromatic carbocycles. The van der Waals surface area contributed by atoms with Gasteiger partial charge in [-0.05, 0) is 48.9 Å². The molecule has 33 heavy (non-hydrogen) atoms. The largest absolute Gasteiger partial charge is 0.341 e. The van der Waals surface area contributed by atoms with Crippen molar-refractivity contribution in [2.75, 3.05) is 6.54 Å². The number of carbonyl (C=O) groups excluding carboxylic acids is 2. The van der Waals surface area contributed by atoms with E-state index in [4.69, 9.17) is 4.52 Å². The first-order chi connectivity index (χ1) is 15.8. The Kier molecular flexibility index (Phi) is 5.60. The third kappa shape index (κ3) is 4.34. The van der Waals surface area contributed by atoms with E-state index in [-0.39, 0.29) is 47.4 Å². The number of nitrogens with zero attached hydrogens (tertiary/aromatic N) is 2. The maximum Gasteiger partial charge on any atom is 0.316 e. The number of fused-ring (bicyclic) bond motifs is 2. The molecular weight excluding hydrogens is 420 g/mol. The van der Waals surface area contributed by atoms with Gasteiger partial charge in [0.05, 0.1) is 12.1 Å². The number of urea groups is 1. The number of piperidine rings is 1. The second kappa shape index (κ2) is 8.44. The molecule has 2 saturated heterocycles. The molecule has 9 heteroatoms. The highest BCUT2D eigenvalue weighted by molar-refractivity contribution is 5.89. The van der Waals surface area contributed by atoms with Crippen LogP contribution in [0.1, 0.15) is 91.6 Å². The van der Waals surface area contributed by atoms with Crippen molar-refractivity contribution in [1.29, 1.82) is 0 Å². The average molecular weight is 453 g/mol. The minimum Gasteiger partial charge on any atom is -0.341 e. The predicted molar refractivity (Wildman–Crippen MR) is 122 cm³/mol. The molecule has 1 aromatic heterocycles. The highest BCUT2D eigenvalue weighted by atomic mass is 16.5. The monoisotopic (exact) mass is 452 g/mol. The van der Waals surface area contributed by atoms with Crippen LogP contribution in [0.2, 0.25) is 0 Å². The third-order valence-corrected chi connectivity index (χ3v) is 6.95. The van der Waals surface area contributed by atoms with Gasteiger partial charge in [-0.1, -0.05) is 50.5 Å². The maximum absolute atomic E-state index is 12.9. The van der Waals surface area contributed by atoms with Crippen LogP contribution in [0, 0.1) is 0 Å². The summed E-state index contributed by atoms with van der Waals surface area (Å²) >= 11 is 0. The molecule has 0 bridgehead atoms. The van der Waals surface area contributed by atoms with E-state index < -0.39 is 0 Å². The summed E-state index contributed by atoms with van der Waals surface area (Å²) in [4.78, 5) is 29.0. The molecular formula is C24H32N6O3. The lowest BCUT2D eigenvalue weighted by Gasteiger charge is -2.34. The number of aryl methyl sites for hydroxylation is 1. The van der Waals surface area contributed by atoms with Crippen LogP contribution < -0.4 is 21.3 Å². The van der Waals surface area contributed by atoms with Gasteiger partial charge in [0.1, 0.15) is 6.17 Å². The number of hydrogen-bond donors (Lipinski definition) is 4. The Morgan fingerprint density at radius 1 is 1.18 bits per heavy atom. The fourth-order valence-corrected chi connectivity index (χ4v) is 5.19. The molecule has 3 heterocycles. The smallest absolute Gasteiger partial charge is 0.316 e. The fourth-order valence-electron chi connectivity index (χ4n) is 5.19. The van der Waals surface area contributed by atoms with E-state index in [1.807, 2.05) is 20.8 Å². The molecule has 0 saturated carbocycles. The Bertz CT molecular complexity index is 1060. The zero-order chi connectivity index (χ0) is 23.2.